The van der Waals surface area contributed by atoms with Crippen molar-refractivity contribution >= 4 is 11.6 Å². The number of halogens is 1. The lowest BCUT2D eigenvalue weighted by atomic mass is 9.87. The molecule has 0 aliphatic carbocycles. The third kappa shape index (κ3) is 3.78. The van der Waals surface area contributed by atoms with Crippen molar-refractivity contribution in [1.82, 2.24) is 10.2 Å². The van der Waals surface area contributed by atoms with Gasteiger partial charge in [-0.05, 0) is 70.3 Å². The van der Waals surface area contributed by atoms with Crippen molar-refractivity contribution in [3.8, 4) is 0 Å². The van der Waals surface area contributed by atoms with Gasteiger partial charge in [0.2, 0.25) is 5.91 Å². The molecule has 1 amide bonds. The molecule has 2 fully saturated rings. The van der Waals surface area contributed by atoms with E-state index in [-0.39, 0.29) is 23.2 Å². The van der Waals surface area contributed by atoms with Gasteiger partial charge in [-0.2, -0.15) is 0 Å². The van der Waals surface area contributed by atoms with Crippen LogP contribution in [0.2, 0.25) is 0 Å². The molecule has 2 heterocycles. The van der Waals surface area contributed by atoms with Gasteiger partial charge in [-0.1, -0.05) is 6.07 Å². The van der Waals surface area contributed by atoms with E-state index in [1.54, 1.807) is 12.1 Å². The zero-order valence-electron chi connectivity index (χ0n) is 14.9. The minimum absolute atomic E-state index is 0.0363. The number of rotatable bonds is 3. The minimum atomic E-state index is -0.327. The van der Waals surface area contributed by atoms with E-state index in [0.717, 1.165) is 31.5 Å². The van der Waals surface area contributed by atoms with Crippen molar-refractivity contribution in [3.05, 3.63) is 29.6 Å². The second-order valence-corrected chi connectivity index (χ2v) is 8.02. The molecule has 1 aromatic carbocycles. The van der Waals surface area contributed by atoms with E-state index < -0.39 is 0 Å². The number of nitrogens with zero attached hydrogens (tertiary/aromatic N) is 1. The summed E-state index contributed by atoms with van der Waals surface area (Å²) in [5, 5.41) is 5.76. The van der Waals surface area contributed by atoms with Crippen LogP contribution in [-0.2, 0) is 4.79 Å². The molecule has 2 saturated heterocycles. The van der Waals surface area contributed by atoms with Gasteiger partial charge in [0.1, 0.15) is 5.82 Å². The summed E-state index contributed by atoms with van der Waals surface area (Å²) < 4.78 is 14.4. The number of nitrogens with one attached hydrogen (secondary N) is 2. The molecule has 0 aromatic heterocycles. The first-order valence-corrected chi connectivity index (χ1v) is 8.90. The van der Waals surface area contributed by atoms with Gasteiger partial charge >= 0.3 is 0 Å². The van der Waals surface area contributed by atoms with Crippen LogP contribution in [0.1, 0.15) is 45.1 Å². The zero-order valence-corrected chi connectivity index (χ0v) is 14.9. The summed E-state index contributed by atoms with van der Waals surface area (Å²) in [6.07, 6.45) is 2.10. The van der Waals surface area contributed by atoms with Gasteiger partial charge < -0.3 is 10.6 Å². The van der Waals surface area contributed by atoms with Gasteiger partial charge in [0.05, 0.1) is 11.6 Å². The Kier molecular flexibility index (Phi) is 4.92. The highest BCUT2D eigenvalue weighted by molar-refractivity contribution is 5.93. The molecule has 0 bridgehead atoms. The Morgan fingerprint density at radius 1 is 1.25 bits per heavy atom. The normalized spacial score (nSPS) is 20.7. The summed E-state index contributed by atoms with van der Waals surface area (Å²) in [5.41, 5.74) is 1.54. The molecule has 2 aliphatic heterocycles. The predicted molar refractivity (Wildman–Crippen MR) is 94.7 cm³/mol. The van der Waals surface area contributed by atoms with Crippen molar-refractivity contribution in [2.75, 3.05) is 31.5 Å². The number of hydrogen-bond acceptors (Lipinski definition) is 3. The van der Waals surface area contributed by atoms with E-state index >= 15 is 0 Å². The number of hydrogen-bond donors (Lipinski definition) is 2. The third-order valence-electron chi connectivity index (χ3n) is 5.32. The lowest BCUT2D eigenvalue weighted by molar-refractivity contribution is -0.121. The van der Waals surface area contributed by atoms with Crippen LogP contribution < -0.4 is 10.6 Å². The van der Waals surface area contributed by atoms with Crippen molar-refractivity contribution in [2.24, 2.45) is 5.92 Å². The summed E-state index contributed by atoms with van der Waals surface area (Å²) in [5.74, 6) is -0.0604. The molecule has 2 N–H and O–H groups in total. The Morgan fingerprint density at radius 3 is 2.42 bits per heavy atom. The Labute approximate surface area is 143 Å². The van der Waals surface area contributed by atoms with Crippen LogP contribution in [0.3, 0.4) is 0 Å². The van der Waals surface area contributed by atoms with Gasteiger partial charge in [-0.3, -0.25) is 9.69 Å². The molecule has 2 aliphatic rings. The number of anilines is 1. The Bertz CT molecular complexity index is 599. The van der Waals surface area contributed by atoms with Crippen LogP contribution >= 0.6 is 0 Å². The Hall–Kier alpha value is -1.46. The molecule has 5 heteroatoms. The maximum absolute atomic E-state index is 14.4. The van der Waals surface area contributed by atoms with Crippen LogP contribution in [0, 0.1) is 11.7 Å². The highest BCUT2D eigenvalue weighted by Gasteiger charge is 2.28. The molecule has 0 atom stereocenters. The van der Waals surface area contributed by atoms with E-state index in [0.29, 0.717) is 24.7 Å². The topological polar surface area (TPSA) is 44.4 Å². The molecular formula is C19H28FN3O. The molecule has 1 aromatic rings. The van der Waals surface area contributed by atoms with Crippen LogP contribution in [0.5, 0.6) is 0 Å². The third-order valence-corrected chi connectivity index (χ3v) is 5.32. The minimum Gasteiger partial charge on any atom is -0.323 e. The van der Waals surface area contributed by atoms with Crippen molar-refractivity contribution in [3.63, 3.8) is 0 Å². The van der Waals surface area contributed by atoms with Gasteiger partial charge in [0.25, 0.3) is 0 Å². The summed E-state index contributed by atoms with van der Waals surface area (Å²) in [7, 11) is 0. The van der Waals surface area contributed by atoms with E-state index in [9.17, 15) is 9.18 Å². The molecular weight excluding hydrogens is 305 g/mol. The summed E-state index contributed by atoms with van der Waals surface area (Å²) in [4.78, 5) is 14.4. The average molecular weight is 333 g/mol. The fourth-order valence-corrected chi connectivity index (χ4v) is 3.48. The van der Waals surface area contributed by atoms with Crippen LogP contribution in [0.25, 0.3) is 0 Å². The molecule has 0 radical (unpaired) electrons. The maximum atomic E-state index is 14.4. The van der Waals surface area contributed by atoms with E-state index in [2.05, 4.69) is 36.3 Å². The molecule has 0 spiro atoms. The Morgan fingerprint density at radius 2 is 1.92 bits per heavy atom. The van der Waals surface area contributed by atoms with E-state index in [1.807, 2.05) is 6.07 Å². The molecule has 0 saturated carbocycles. The molecule has 24 heavy (non-hydrogen) atoms. The zero-order chi connectivity index (χ0) is 17.3. The number of carbonyl (C=O) groups is 1. The fraction of sp³-hybridized carbons (Fsp3) is 0.632. The van der Waals surface area contributed by atoms with Crippen LogP contribution in [-0.4, -0.2) is 42.5 Å². The van der Waals surface area contributed by atoms with E-state index in [1.165, 1.54) is 0 Å². The Balaban J connectivity index is 1.61. The molecule has 0 unspecified atom stereocenters. The standard InChI is InChI=1S/C19H28FN3O/c1-19(2,3)23-8-6-13(7-9-23)14-4-5-17(16(20)10-14)22-18(24)15-11-21-12-15/h4-5,10,13,15,21H,6-9,11-12H2,1-3H3,(H,22,24). The quantitative estimate of drug-likeness (QED) is 0.894. The van der Waals surface area contributed by atoms with Crippen molar-refractivity contribution in [2.45, 2.75) is 45.1 Å². The number of benzene rings is 1. The smallest absolute Gasteiger partial charge is 0.230 e. The molecule has 132 valence electrons. The van der Waals surface area contributed by atoms with Crippen LogP contribution in [0.4, 0.5) is 10.1 Å². The molecule has 3 rings (SSSR count). The second kappa shape index (κ2) is 6.81. The number of amides is 1. The summed E-state index contributed by atoms with van der Waals surface area (Å²) in [6, 6.07) is 5.28. The fourth-order valence-electron chi connectivity index (χ4n) is 3.48. The number of likely N-dealkylation sites (tertiary alicyclic amines) is 1. The number of carbonyl (C=O) groups excluding carboxylic acids is 1. The number of piperidine rings is 1. The highest BCUT2D eigenvalue weighted by atomic mass is 19.1. The van der Waals surface area contributed by atoms with Gasteiger partial charge in [0.15, 0.2) is 0 Å². The predicted octanol–water partition coefficient (Wildman–Crippen LogP) is 2.96. The summed E-state index contributed by atoms with van der Waals surface area (Å²) in [6.45, 7) is 10.2. The monoisotopic (exact) mass is 333 g/mol. The van der Waals surface area contributed by atoms with Gasteiger partial charge in [-0.25, -0.2) is 4.39 Å². The second-order valence-electron chi connectivity index (χ2n) is 8.02. The first-order chi connectivity index (χ1) is 11.3. The SMILES string of the molecule is CC(C)(C)N1CCC(c2ccc(NC(=O)C3CNC3)c(F)c2)CC1. The average Bonchev–Trinajstić information content (AvgIpc) is 2.47. The largest absolute Gasteiger partial charge is 0.323 e. The summed E-state index contributed by atoms with van der Waals surface area (Å²) >= 11 is 0. The van der Waals surface area contributed by atoms with Crippen molar-refractivity contribution in [1.29, 1.82) is 0 Å². The lowest BCUT2D eigenvalue weighted by Crippen LogP contribution is -2.48. The van der Waals surface area contributed by atoms with Crippen molar-refractivity contribution < 1.29 is 9.18 Å². The maximum Gasteiger partial charge on any atom is 0.230 e. The van der Waals surface area contributed by atoms with Crippen LogP contribution in [0.15, 0.2) is 18.2 Å². The first-order valence-electron chi connectivity index (χ1n) is 8.90. The molecule has 4 nitrogen and oxygen atoms in total. The highest BCUT2D eigenvalue weighted by Crippen LogP contribution is 2.32. The van der Waals surface area contributed by atoms with Gasteiger partial charge in [-0.15, -0.1) is 0 Å². The first kappa shape index (κ1) is 17.4. The van der Waals surface area contributed by atoms with Gasteiger partial charge in [0, 0.05) is 18.6 Å². The van der Waals surface area contributed by atoms with E-state index in [4.69, 9.17) is 0 Å². The lowest BCUT2D eigenvalue weighted by Gasteiger charge is -2.41.